The highest BCUT2D eigenvalue weighted by Crippen LogP contribution is 2.24. The van der Waals surface area contributed by atoms with Gasteiger partial charge in [0.1, 0.15) is 5.60 Å². The van der Waals surface area contributed by atoms with E-state index in [-0.39, 0.29) is 12.2 Å². The Balaban J connectivity index is 1.89. The van der Waals surface area contributed by atoms with Crippen LogP contribution in [0.3, 0.4) is 0 Å². The van der Waals surface area contributed by atoms with Gasteiger partial charge in [0.05, 0.1) is 22.7 Å². The number of pyridine rings is 1. The molecule has 0 spiro atoms. The van der Waals surface area contributed by atoms with E-state index in [0.717, 1.165) is 20.9 Å². The fraction of sp³-hybridized carbons (Fsp3) is 0.353. The number of fused-ring (bicyclic) bond motifs is 3. The van der Waals surface area contributed by atoms with E-state index in [9.17, 15) is 9.59 Å². The quantitative estimate of drug-likeness (QED) is 0.698. The average molecular weight is 407 g/mol. The molecule has 2 N–H and O–H groups in total. The molecule has 0 aliphatic carbocycles. The lowest BCUT2D eigenvalue weighted by molar-refractivity contribution is 0.0526. The number of carbonyl (C=O) groups is 1. The molecular formula is C17H19BrN4O3. The number of carbonyl (C=O) groups excluding carboxylic acids is 1. The Morgan fingerprint density at radius 2 is 2.16 bits per heavy atom. The summed E-state index contributed by atoms with van der Waals surface area (Å²) in [7, 11) is 0. The van der Waals surface area contributed by atoms with Crippen LogP contribution in [0.2, 0.25) is 0 Å². The fourth-order valence-corrected chi connectivity index (χ4v) is 2.98. The van der Waals surface area contributed by atoms with Gasteiger partial charge in [-0.2, -0.15) is 0 Å². The molecule has 0 aliphatic rings. The largest absolute Gasteiger partial charge is 0.444 e. The zero-order valence-electron chi connectivity index (χ0n) is 14.2. The third kappa shape index (κ3) is 3.84. The van der Waals surface area contributed by atoms with E-state index in [1.165, 1.54) is 0 Å². The first kappa shape index (κ1) is 17.5. The zero-order valence-corrected chi connectivity index (χ0v) is 15.8. The standard InChI is InChI=1S/C17H19BrN4O3/c1-17(2,3)25-16(24)19-6-7-22-14-11-8-10(18)4-5-12(11)20-9-13(14)21-15(22)23/h4-5,8-9H,6-7H2,1-3H3,(H,19,24)(H,21,23). The number of H-pyrrole nitrogens is 1. The van der Waals surface area contributed by atoms with E-state index in [1.54, 1.807) is 31.5 Å². The highest BCUT2D eigenvalue weighted by atomic mass is 79.9. The zero-order chi connectivity index (χ0) is 18.2. The average Bonchev–Trinajstić information content (AvgIpc) is 2.82. The van der Waals surface area contributed by atoms with E-state index in [0.29, 0.717) is 12.1 Å². The van der Waals surface area contributed by atoms with Crippen molar-refractivity contribution in [3.63, 3.8) is 0 Å². The van der Waals surface area contributed by atoms with E-state index in [1.807, 2.05) is 18.2 Å². The summed E-state index contributed by atoms with van der Waals surface area (Å²) < 4.78 is 7.70. The molecule has 3 aromatic rings. The second kappa shape index (κ2) is 6.51. The molecule has 132 valence electrons. The SMILES string of the molecule is CC(C)(C)OC(=O)NCCn1c(=O)[nH]c2cnc3ccc(Br)cc3c21. The summed E-state index contributed by atoms with van der Waals surface area (Å²) in [4.78, 5) is 31.2. The predicted molar refractivity (Wildman–Crippen MR) is 99.8 cm³/mol. The van der Waals surface area contributed by atoms with Gasteiger partial charge in [-0.1, -0.05) is 15.9 Å². The van der Waals surface area contributed by atoms with Crippen LogP contribution in [-0.2, 0) is 11.3 Å². The second-order valence-electron chi connectivity index (χ2n) is 6.69. The van der Waals surface area contributed by atoms with Crippen molar-refractivity contribution in [3.8, 4) is 0 Å². The monoisotopic (exact) mass is 406 g/mol. The van der Waals surface area contributed by atoms with Crippen molar-refractivity contribution in [2.45, 2.75) is 32.9 Å². The molecule has 0 aliphatic heterocycles. The number of aromatic amines is 1. The number of hydrogen-bond acceptors (Lipinski definition) is 4. The molecule has 8 heteroatoms. The molecule has 0 unspecified atom stereocenters. The molecule has 0 saturated heterocycles. The minimum absolute atomic E-state index is 0.240. The van der Waals surface area contributed by atoms with Gasteiger partial charge in [-0.15, -0.1) is 0 Å². The maximum atomic E-state index is 12.3. The third-order valence-corrected chi connectivity index (χ3v) is 4.06. The summed E-state index contributed by atoms with van der Waals surface area (Å²) in [6.07, 6.45) is 1.14. The highest BCUT2D eigenvalue weighted by molar-refractivity contribution is 9.10. The predicted octanol–water partition coefficient (Wildman–Crippen LogP) is 3.17. The highest BCUT2D eigenvalue weighted by Gasteiger charge is 2.16. The summed E-state index contributed by atoms with van der Waals surface area (Å²) in [5, 5.41) is 3.53. The minimum atomic E-state index is -0.560. The number of nitrogens with zero attached hydrogens (tertiary/aromatic N) is 2. The smallest absolute Gasteiger partial charge is 0.407 e. The summed E-state index contributed by atoms with van der Waals surface area (Å²) in [5.41, 5.74) is 1.42. The maximum Gasteiger partial charge on any atom is 0.407 e. The Kier molecular flexibility index (Phi) is 4.55. The van der Waals surface area contributed by atoms with E-state index in [2.05, 4.69) is 31.2 Å². The minimum Gasteiger partial charge on any atom is -0.444 e. The first-order valence-electron chi connectivity index (χ1n) is 7.88. The number of imidazole rings is 1. The van der Waals surface area contributed by atoms with Crippen LogP contribution in [0.1, 0.15) is 20.8 Å². The Labute approximate surface area is 152 Å². The third-order valence-electron chi connectivity index (χ3n) is 3.56. The Morgan fingerprint density at radius 3 is 2.88 bits per heavy atom. The summed E-state index contributed by atoms with van der Waals surface area (Å²) in [5.74, 6) is 0. The normalized spacial score (nSPS) is 11.8. The van der Waals surface area contributed by atoms with Crippen molar-refractivity contribution < 1.29 is 9.53 Å². The molecule has 1 amide bonds. The van der Waals surface area contributed by atoms with E-state index in [4.69, 9.17) is 4.74 Å². The lowest BCUT2D eigenvalue weighted by Crippen LogP contribution is -2.35. The number of hydrogen-bond donors (Lipinski definition) is 2. The topological polar surface area (TPSA) is 89.0 Å². The van der Waals surface area contributed by atoms with E-state index >= 15 is 0 Å². The molecule has 1 aromatic carbocycles. The van der Waals surface area contributed by atoms with Crippen molar-refractivity contribution in [1.29, 1.82) is 0 Å². The second-order valence-corrected chi connectivity index (χ2v) is 7.61. The number of alkyl carbamates (subject to hydrolysis) is 1. The fourth-order valence-electron chi connectivity index (χ4n) is 2.61. The molecule has 0 radical (unpaired) electrons. The van der Waals surface area contributed by atoms with Gasteiger partial charge < -0.3 is 15.0 Å². The van der Waals surface area contributed by atoms with Gasteiger partial charge >= 0.3 is 11.8 Å². The van der Waals surface area contributed by atoms with Crippen molar-refractivity contribution >= 4 is 44.0 Å². The van der Waals surface area contributed by atoms with Crippen LogP contribution in [0.4, 0.5) is 4.79 Å². The molecule has 7 nitrogen and oxygen atoms in total. The molecule has 0 fully saturated rings. The first-order valence-corrected chi connectivity index (χ1v) is 8.67. The van der Waals surface area contributed by atoms with Gasteiger partial charge in [0.25, 0.3) is 0 Å². The van der Waals surface area contributed by atoms with Crippen LogP contribution in [-0.4, -0.2) is 32.8 Å². The maximum absolute atomic E-state index is 12.3. The van der Waals surface area contributed by atoms with Gasteiger partial charge in [0.15, 0.2) is 0 Å². The summed E-state index contributed by atoms with van der Waals surface area (Å²) >= 11 is 3.45. The van der Waals surface area contributed by atoms with Gasteiger partial charge in [0.2, 0.25) is 0 Å². The van der Waals surface area contributed by atoms with Gasteiger partial charge in [-0.25, -0.2) is 9.59 Å². The molecule has 0 atom stereocenters. The van der Waals surface area contributed by atoms with Crippen LogP contribution in [0.5, 0.6) is 0 Å². The van der Waals surface area contributed by atoms with E-state index < -0.39 is 11.7 Å². The lowest BCUT2D eigenvalue weighted by Gasteiger charge is -2.19. The number of benzene rings is 1. The molecule has 25 heavy (non-hydrogen) atoms. The van der Waals surface area contributed by atoms with Gasteiger partial charge in [-0.05, 0) is 39.0 Å². The molecule has 2 heterocycles. The van der Waals surface area contributed by atoms with Crippen LogP contribution in [0.15, 0.2) is 33.7 Å². The Hall–Kier alpha value is -2.35. The first-order chi connectivity index (χ1) is 11.7. The van der Waals surface area contributed by atoms with Crippen molar-refractivity contribution in [2.24, 2.45) is 0 Å². The lowest BCUT2D eigenvalue weighted by atomic mass is 10.2. The molecule has 3 rings (SSSR count). The van der Waals surface area contributed by atoms with Crippen LogP contribution < -0.4 is 11.0 Å². The molecule has 2 aromatic heterocycles. The number of aromatic nitrogens is 3. The Bertz CT molecular complexity index is 1000. The van der Waals surface area contributed by atoms with Crippen LogP contribution >= 0.6 is 15.9 Å². The van der Waals surface area contributed by atoms with Crippen molar-refractivity contribution in [3.05, 3.63) is 39.4 Å². The number of nitrogens with one attached hydrogen (secondary N) is 2. The molecule has 0 saturated carbocycles. The van der Waals surface area contributed by atoms with Crippen molar-refractivity contribution in [1.82, 2.24) is 19.9 Å². The number of rotatable bonds is 3. The Morgan fingerprint density at radius 1 is 1.40 bits per heavy atom. The number of ether oxygens (including phenoxy) is 1. The van der Waals surface area contributed by atoms with Crippen LogP contribution in [0.25, 0.3) is 21.9 Å². The van der Waals surface area contributed by atoms with Gasteiger partial charge in [-0.3, -0.25) is 9.55 Å². The van der Waals surface area contributed by atoms with Gasteiger partial charge in [0, 0.05) is 22.9 Å². The number of amides is 1. The summed E-state index contributed by atoms with van der Waals surface area (Å²) in [6, 6.07) is 5.72. The molecule has 0 bridgehead atoms. The number of halogens is 1. The van der Waals surface area contributed by atoms with Crippen molar-refractivity contribution in [2.75, 3.05) is 6.54 Å². The van der Waals surface area contributed by atoms with Crippen LogP contribution in [0, 0.1) is 0 Å². The summed E-state index contributed by atoms with van der Waals surface area (Å²) in [6.45, 7) is 6.00. The molecular weight excluding hydrogens is 388 g/mol.